The summed E-state index contributed by atoms with van der Waals surface area (Å²) in [5.41, 5.74) is 5.22. The fourth-order valence-corrected chi connectivity index (χ4v) is 2.88. The number of methoxy groups -OCH3 is 1. The molecule has 1 N–H and O–H groups in total. The standard InChI is InChI=1S/C16H14N4O3S/c1-23-14-7-5-12(6-8-14)17-16-19-18-15(10-24-16)11-3-2-4-13(9-11)20(21)22/h2-9H,10H2,1H3,(H,17,19). The van der Waals surface area contributed by atoms with Crippen molar-refractivity contribution in [2.45, 2.75) is 0 Å². The Morgan fingerprint density at radius 2 is 2.08 bits per heavy atom. The summed E-state index contributed by atoms with van der Waals surface area (Å²) in [6.07, 6.45) is 0. The zero-order valence-electron chi connectivity index (χ0n) is 12.8. The highest BCUT2D eigenvalue weighted by atomic mass is 32.2. The zero-order valence-corrected chi connectivity index (χ0v) is 13.6. The van der Waals surface area contributed by atoms with Gasteiger partial charge >= 0.3 is 0 Å². The number of amidine groups is 1. The molecule has 3 rings (SSSR count). The number of nitro benzene ring substituents is 1. The summed E-state index contributed by atoms with van der Waals surface area (Å²) in [4.78, 5) is 14.9. The lowest BCUT2D eigenvalue weighted by Gasteiger charge is -2.14. The summed E-state index contributed by atoms with van der Waals surface area (Å²) in [7, 11) is 1.61. The van der Waals surface area contributed by atoms with Crippen molar-refractivity contribution < 1.29 is 9.66 Å². The van der Waals surface area contributed by atoms with Crippen LogP contribution in [-0.4, -0.2) is 28.7 Å². The molecule has 0 saturated carbocycles. The number of hydrazone groups is 1. The number of hydrogen-bond acceptors (Lipinski definition) is 6. The van der Waals surface area contributed by atoms with Crippen molar-refractivity contribution in [2.24, 2.45) is 10.1 Å². The lowest BCUT2D eigenvalue weighted by Crippen LogP contribution is -2.25. The number of nitrogens with one attached hydrogen (secondary N) is 1. The fourth-order valence-electron chi connectivity index (χ4n) is 2.09. The van der Waals surface area contributed by atoms with E-state index in [0.717, 1.165) is 22.7 Å². The smallest absolute Gasteiger partial charge is 0.270 e. The molecular weight excluding hydrogens is 328 g/mol. The number of ether oxygens (including phenoxy) is 1. The van der Waals surface area contributed by atoms with E-state index in [1.165, 1.54) is 23.9 Å². The van der Waals surface area contributed by atoms with E-state index in [0.29, 0.717) is 10.9 Å². The van der Waals surface area contributed by atoms with Gasteiger partial charge in [0.2, 0.25) is 0 Å². The summed E-state index contributed by atoms with van der Waals surface area (Å²) in [5, 5.41) is 15.8. The Hall–Kier alpha value is -2.87. The van der Waals surface area contributed by atoms with Crippen LogP contribution in [0.5, 0.6) is 5.75 Å². The first kappa shape index (κ1) is 16.0. The second-order valence-electron chi connectivity index (χ2n) is 4.88. The second kappa shape index (κ2) is 7.14. The van der Waals surface area contributed by atoms with Crippen LogP contribution in [0.3, 0.4) is 0 Å². The van der Waals surface area contributed by atoms with Gasteiger partial charge in [-0.3, -0.25) is 15.5 Å². The molecule has 24 heavy (non-hydrogen) atoms. The van der Waals surface area contributed by atoms with Gasteiger partial charge in [0.15, 0.2) is 5.17 Å². The first-order chi connectivity index (χ1) is 11.7. The molecule has 0 aromatic heterocycles. The van der Waals surface area contributed by atoms with Gasteiger partial charge in [-0.2, -0.15) is 5.10 Å². The lowest BCUT2D eigenvalue weighted by molar-refractivity contribution is -0.384. The van der Waals surface area contributed by atoms with Gasteiger partial charge in [0, 0.05) is 23.4 Å². The van der Waals surface area contributed by atoms with Crippen molar-refractivity contribution in [3.05, 3.63) is 64.2 Å². The third-order valence-corrected chi connectivity index (χ3v) is 4.20. The Morgan fingerprint density at radius 1 is 1.29 bits per heavy atom. The molecule has 0 bridgehead atoms. The summed E-state index contributed by atoms with van der Waals surface area (Å²) in [6, 6.07) is 13.8. The van der Waals surface area contributed by atoms with Gasteiger partial charge < -0.3 is 4.74 Å². The highest BCUT2D eigenvalue weighted by Gasteiger charge is 2.15. The molecule has 0 fully saturated rings. The molecule has 0 atom stereocenters. The predicted octanol–water partition coefficient (Wildman–Crippen LogP) is 3.33. The highest BCUT2D eigenvalue weighted by Crippen LogP contribution is 2.22. The lowest BCUT2D eigenvalue weighted by atomic mass is 10.1. The summed E-state index contributed by atoms with van der Waals surface area (Å²) in [6.45, 7) is 0. The molecule has 0 radical (unpaired) electrons. The van der Waals surface area contributed by atoms with E-state index in [1.807, 2.05) is 24.3 Å². The van der Waals surface area contributed by atoms with E-state index in [-0.39, 0.29) is 5.69 Å². The van der Waals surface area contributed by atoms with Gasteiger partial charge in [0.05, 0.1) is 23.4 Å². The van der Waals surface area contributed by atoms with Crippen molar-refractivity contribution in [2.75, 3.05) is 12.9 Å². The largest absolute Gasteiger partial charge is 0.497 e. The van der Waals surface area contributed by atoms with Gasteiger partial charge in [-0.25, -0.2) is 4.99 Å². The van der Waals surface area contributed by atoms with Crippen LogP contribution in [0.25, 0.3) is 0 Å². The van der Waals surface area contributed by atoms with E-state index in [2.05, 4.69) is 15.5 Å². The molecule has 0 saturated heterocycles. The SMILES string of the molecule is COc1ccc(N=C2NN=C(c3cccc([N+](=O)[O-])c3)CS2)cc1. The Kier molecular flexibility index (Phi) is 4.76. The summed E-state index contributed by atoms with van der Waals surface area (Å²) >= 11 is 1.49. The minimum Gasteiger partial charge on any atom is -0.497 e. The van der Waals surface area contributed by atoms with Crippen LogP contribution >= 0.6 is 11.8 Å². The Morgan fingerprint density at radius 3 is 2.71 bits per heavy atom. The fraction of sp³-hybridized carbons (Fsp3) is 0.125. The summed E-state index contributed by atoms with van der Waals surface area (Å²) in [5.74, 6) is 1.36. The maximum atomic E-state index is 10.9. The van der Waals surface area contributed by atoms with Gasteiger partial charge in [0.1, 0.15) is 5.75 Å². The van der Waals surface area contributed by atoms with Gasteiger partial charge in [0.25, 0.3) is 5.69 Å². The van der Waals surface area contributed by atoms with E-state index >= 15 is 0 Å². The number of aliphatic imine (C=N–C) groups is 1. The van der Waals surface area contributed by atoms with Crippen LogP contribution in [0.1, 0.15) is 5.56 Å². The molecule has 1 aliphatic rings. The van der Waals surface area contributed by atoms with Gasteiger partial charge in [-0.15, -0.1) is 0 Å². The van der Waals surface area contributed by atoms with E-state index in [1.54, 1.807) is 19.2 Å². The van der Waals surface area contributed by atoms with E-state index < -0.39 is 4.92 Å². The first-order valence-electron chi connectivity index (χ1n) is 7.08. The quantitative estimate of drug-likeness (QED) is 0.680. The number of nitro groups is 1. The van der Waals surface area contributed by atoms with Crippen LogP contribution in [0.2, 0.25) is 0 Å². The maximum absolute atomic E-state index is 10.9. The molecule has 2 aromatic carbocycles. The van der Waals surface area contributed by atoms with Gasteiger partial charge in [-0.1, -0.05) is 23.9 Å². The number of hydrogen-bond donors (Lipinski definition) is 1. The van der Waals surface area contributed by atoms with Crippen LogP contribution in [0, 0.1) is 10.1 Å². The Labute approximate surface area is 142 Å². The molecule has 0 aliphatic carbocycles. The molecule has 0 spiro atoms. The molecule has 0 unspecified atom stereocenters. The average molecular weight is 342 g/mol. The number of nitrogens with zero attached hydrogens (tertiary/aromatic N) is 3. The normalized spacial score (nSPS) is 15.5. The van der Waals surface area contributed by atoms with Crippen LogP contribution < -0.4 is 10.2 Å². The predicted molar refractivity (Wildman–Crippen MR) is 95.3 cm³/mol. The van der Waals surface area contributed by atoms with Crippen LogP contribution in [0.15, 0.2) is 58.6 Å². The monoisotopic (exact) mass is 342 g/mol. The molecule has 1 heterocycles. The van der Waals surface area contributed by atoms with Crippen LogP contribution in [0.4, 0.5) is 11.4 Å². The molecular formula is C16H14N4O3S. The molecule has 0 amide bonds. The number of benzene rings is 2. The highest BCUT2D eigenvalue weighted by molar-refractivity contribution is 8.14. The zero-order chi connectivity index (χ0) is 16.9. The molecule has 2 aromatic rings. The first-order valence-corrected chi connectivity index (χ1v) is 8.07. The molecule has 122 valence electrons. The van der Waals surface area contributed by atoms with E-state index in [9.17, 15) is 10.1 Å². The number of thioether (sulfide) groups is 1. The van der Waals surface area contributed by atoms with Crippen molar-refractivity contribution in [3.63, 3.8) is 0 Å². The minimum absolute atomic E-state index is 0.0536. The Balaban J connectivity index is 1.74. The van der Waals surface area contributed by atoms with Crippen molar-refractivity contribution in [1.82, 2.24) is 5.43 Å². The average Bonchev–Trinajstić information content (AvgIpc) is 2.63. The number of non-ortho nitro benzene ring substituents is 1. The molecule has 1 aliphatic heterocycles. The molecule has 7 nitrogen and oxygen atoms in total. The van der Waals surface area contributed by atoms with Crippen LogP contribution in [-0.2, 0) is 0 Å². The van der Waals surface area contributed by atoms with Crippen molar-refractivity contribution in [3.8, 4) is 5.75 Å². The second-order valence-corrected chi connectivity index (χ2v) is 5.85. The minimum atomic E-state index is -0.413. The van der Waals surface area contributed by atoms with Crippen molar-refractivity contribution >= 4 is 34.0 Å². The summed E-state index contributed by atoms with van der Waals surface area (Å²) < 4.78 is 5.11. The van der Waals surface area contributed by atoms with Gasteiger partial charge in [-0.05, 0) is 24.3 Å². The third-order valence-electron chi connectivity index (χ3n) is 3.33. The maximum Gasteiger partial charge on any atom is 0.270 e. The topological polar surface area (TPSA) is 89.1 Å². The molecule has 8 heteroatoms. The Bertz CT molecular complexity index is 818. The van der Waals surface area contributed by atoms with Crippen molar-refractivity contribution in [1.29, 1.82) is 0 Å². The van der Waals surface area contributed by atoms with E-state index in [4.69, 9.17) is 4.74 Å². The third kappa shape index (κ3) is 3.72. The number of rotatable bonds is 4.